The van der Waals surface area contributed by atoms with Crippen LogP contribution in [0.25, 0.3) is 0 Å². The number of benzene rings is 2. The third-order valence-electron chi connectivity index (χ3n) is 4.26. The highest BCUT2D eigenvalue weighted by molar-refractivity contribution is 7.92. The molecule has 0 spiro atoms. The number of rotatable bonds is 9. The van der Waals surface area contributed by atoms with Gasteiger partial charge in [-0.2, -0.15) is 0 Å². The Morgan fingerprint density at radius 3 is 1.84 bits per heavy atom. The molecule has 2 aromatic rings. The monoisotopic (exact) mass is 450 g/mol. The molecule has 2 aromatic carbocycles. The summed E-state index contributed by atoms with van der Waals surface area (Å²) in [7, 11) is -0.621. The van der Waals surface area contributed by atoms with E-state index in [2.05, 4.69) is 9.47 Å². The number of carbonyl (C=O) groups excluding carboxylic acids is 3. The molecule has 0 radical (unpaired) electrons. The normalized spacial score (nSPS) is 10.8. The van der Waals surface area contributed by atoms with Crippen LogP contribution in [0.3, 0.4) is 0 Å². The number of sulfonamides is 1. The lowest BCUT2D eigenvalue weighted by Gasteiger charge is -2.24. The third kappa shape index (κ3) is 5.51. The molecule has 0 saturated carbocycles. The molecular formula is C20H22N2O8S. The number of nitrogens with zero attached hydrogens (tertiary/aromatic N) is 1. The number of anilines is 1. The Morgan fingerprint density at radius 1 is 0.903 bits per heavy atom. The number of primary amides is 1. The summed E-state index contributed by atoms with van der Waals surface area (Å²) in [4.78, 5) is 35.0. The predicted octanol–water partition coefficient (Wildman–Crippen LogP) is 1.34. The van der Waals surface area contributed by atoms with Gasteiger partial charge >= 0.3 is 11.9 Å². The van der Waals surface area contributed by atoms with E-state index >= 15 is 0 Å². The molecule has 0 atom stereocenters. The minimum Gasteiger partial charge on any atom is -0.497 e. The van der Waals surface area contributed by atoms with Gasteiger partial charge in [-0.25, -0.2) is 18.0 Å². The van der Waals surface area contributed by atoms with Gasteiger partial charge in [-0.05, 0) is 42.5 Å². The van der Waals surface area contributed by atoms with E-state index in [0.29, 0.717) is 5.75 Å². The highest BCUT2D eigenvalue weighted by Gasteiger charge is 2.28. The maximum absolute atomic E-state index is 13.5. The average molecular weight is 450 g/mol. The summed E-state index contributed by atoms with van der Waals surface area (Å²) in [6, 6.07) is 9.39. The van der Waals surface area contributed by atoms with Crippen molar-refractivity contribution in [1.29, 1.82) is 0 Å². The summed E-state index contributed by atoms with van der Waals surface area (Å²) in [5.41, 5.74) is 5.12. The number of hydrogen-bond donors (Lipinski definition) is 1. The van der Waals surface area contributed by atoms with E-state index in [1.165, 1.54) is 19.2 Å². The van der Waals surface area contributed by atoms with Crippen LogP contribution >= 0.6 is 0 Å². The van der Waals surface area contributed by atoms with Gasteiger partial charge in [-0.3, -0.25) is 9.10 Å². The minimum atomic E-state index is -4.33. The summed E-state index contributed by atoms with van der Waals surface area (Å²) in [6.45, 7) is -0.264. The molecule has 0 bridgehead atoms. The van der Waals surface area contributed by atoms with Crippen molar-refractivity contribution in [1.82, 2.24) is 0 Å². The van der Waals surface area contributed by atoms with Crippen molar-refractivity contribution >= 4 is 33.6 Å². The molecular weight excluding hydrogens is 428 g/mol. The number of ether oxygens (including phenoxy) is 3. The highest BCUT2D eigenvalue weighted by atomic mass is 32.2. The maximum atomic E-state index is 13.5. The summed E-state index contributed by atoms with van der Waals surface area (Å²) in [6.07, 6.45) is -0.258. The van der Waals surface area contributed by atoms with E-state index in [1.54, 1.807) is 12.1 Å². The van der Waals surface area contributed by atoms with Crippen LogP contribution in [0.1, 0.15) is 27.1 Å². The topological polar surface area (TPSA) is 142 Å². The quantitative estimate of drug-likeness (QED) is 0.564. The molecule has 10 nitrogen and oxygen atoms in total. The molecule has 0 unspecified atom stereocenters. The van der Waals surface area contributed by atoms with Gasteiger partial charge in [-0.1, -0.05) is 0 Å². The van der Waals surface area contributed by atoms with Gasteiger partial charge in [-0.15, -0.1) is 0 Å². The van der Waals surface area contributed by atoms with Crippen LogP contribution in [-0.2, 0) is 24.3 Å². The number of hydrogen-bond acceptors (Lipinski definition) is 8. The highest BCUT2D eigenvalue weighted by Crippen LogP contribution is 2.27. The Balaban J connectivity index is 2.65. The van der Waals surface area contributed by atoms with E-state index in [4.69, 9.17) is 10.5 Å². The standard InChI is InChI=1S/C20H22N2O8S/c1-28-16-6-4-15(5-7-16)22(9-8-18(21)23)31(26,27)17-11-13(19(24)29-2)10-14(12-17)20(25)30-3/h4-7,10-12H,8-9H2,1-3H3,(H2,21,23). The van der Waals surface area contributed by atoms with Crippen molar-refractivity contribution in [3.05, 3.63) is 53.6 Å². The summed E-state index contributed by atoms with van der Waals surface area (Å²) < 4.78 is 42.3. The third-order valence-corrected chi connectivity index (χ3v) is 6.06. The molecule has 31 heavy (non-hydrogen) atoms. The molecule has 0 fully saturated rings. The number of carbonyl (C=O) groups is 3. The van der Waals surface area contributed by atoms with Crippen molar-refractivity contribution in [3.8, 4) is 5.75 Å². The summed E-state index contributed by atoms with van der Waals surface area (Å²) >= 11 is 0. The number of amides is 1. The lowest BCUT2D eigenvalue weighted by atomic mass is 10.1. The average Bonchev–Trinajstić information content (AvgIpc) is 2.77. The molecule has 0 aliphatic heterocycles. The van der Waals surface area contributed by atoms with E-state index < -0.39 is 27.9 Å². The van der Waals surface area contributed by atoms with Crippen LogP contribution in [0.4, 0.5) is 5.69 Å². The Hall–Kier alpha value is -3.60. The zero-order chi connectivity index (χ0) is 23.2. The first-order chi connectivity index (χ1) is 14.6. The Labute approximate surface area is 179 Å². The number of nitrogens with two attached hydrogens (primary N) is 1. The van der Waals surface area contributed by atoms with E-state index in [1.807, 2.05) is 0 Å². The molecule has 2 N–H and O–H groups in total. The van der Waals surface area contributed by atoms with Crippen molar-refractivity contribution in [2.24, 2.45) is 5.73 Å². The van der Waals surface area contributed by atoms with Gasteiger partial charge in [0, 0.05) is 13.0 Å². The second kappa shape index (κ2) is 9.94. The molecule has 0 saturated heterocycles. The van der Waals surface area contributed by atoms with Crippen LogP contribution in [0.5, 0.6) is 5.75 Å². The summed E-state index contributed by atoms with van der Waals surface area (Å²) in [5.74, 6) is -1.88. The Kier molecular flexibility index (Phi) is 7.59. The smallest absolute Gasteiger partial charge is 0.337 e. The number of esters is 2. The molecule has 11 heteroatoms. The lowest BCUT2D eigenvalue weighted by Crippen LogP contribution is -2.34. The van der Waals surface area contributed by atoms with Gasteiger partial charge in [0.05, 0.1) is 43.0 Å². The molecule has 0 aromatic heterocycles. The minimum absolute atomic E-state index is 0.159. The lowest BCUT2D eigenvalue weighted by molar-refractivity contribution is -0.117. The van der Waals surface area contributed by atoms with Crippen molar-refractivity contribution in [3.63, 3.8) is 0 Å². The first-order valence-electron chi connectivity index (χ1n) is 8.91. The fourth-order valence-corrected chi connectivity index (χ4v) is 4.23. The molecule has 0 heterocycles. The Morgan fingerprint density at radius 2 is 1.42 bits per heavy atom. The summed E-state index contributed by atoms with van der Waals surface area (Å²) in [5, 5.41) is 0. The van der Waals surface area contributed by atoms with Crippen LogP contribution < -0.4 is 14.8 Å². The fraction of sp³-hybridized carbons (Fsp3) is 0.250. The van der Waals surface area contributed by atoms with E-state index in [9.17, 15) is 22.8 Å². The second-order valence-electron chi connectivity index (χ2n) is 6.22. The fourth-order valence-electron chi connectivity index (χ4n) is 2.69. The van der Waals surface area contributed by atoms with Gasteiger partial charge in [0.1, 0.15) is 5.75 Å². The van der Waals surface area contributed by atoms with Gasteiger partial charge < -0.3 is 19.9 Å². The van der Waals surface area contributed by atoms with Gasteiger partial charge in [0.25, 0.3) is 10.0 Å². The molecule has 166 valence electrons. The molecule has 1 amide bonds. The van der Waals surface area contributed by atoms with Crippen LogP contribution in [0.2, 0.25) is 0 Å². The first kappa shape index (κ1) is 23.7. The van der Waals surface area contributed by atoms with Crippen molar-refractivity contribution < 1.29 is 37.0 Å². The zero-order valence-electron chi connectivity index (χ0n) is 17.2. The zero-order valence-corrected chi connectivity index (χ0v) is 18.0. The molecule has 2 rings (SSSR count). The van der Waals surface area contributed by atoms with Gasteiger partial charge in [0.15, 0.2) is 0 Å². The first-order valence-corrected chi connectivity index (χ1v) is 10.3. The van der Waals surface area contributed by atoms with Crippen molar-refractivity contribution in [2.45, 2.75) is 11.3 Å². The van der Waals surface area contributed by atoms with Crippen molar-refractivity contribution in [2.75, 3.05) is 32.2 Å². The Bertz CT molecular complexity index is 1050. The van der Waals surface area contributed by atoms with Crippen LogP contribution in [0, 0.1) is 0 Å². The van der Waals surface area contributed by atoms with E-state index in [-0.39, 0.29) is 34.7 Å². The van der Waals surface area contributed by atoms with E-state index in [0.717, 1.165) is 36.7 Å². The SMILES string of the molecule is COC(=O)c1cc(C(=O)OC)cc(S(=O)(=O)N(CCC(N)=O)c2ccc(OC)cc2)c1. The van der Waals surface area contributed by atoms with Gasteiger partial charge in [0.2, 0.25) is 5.91 Å². The maximum Gasteiger partial charge on any atom is 0.337 e. The molecule has 0 aliphatic rings. The van der Waals surface area contributed by atoms with Crippen LogP contribution in [-0.4, -0.2) is 54.1 Å². The van der Waals surface area contributed by atoms with Crippen LogP contribution in [0.15, 0.2) is 47.4 Å². The molecule has 0 aliphatic carbocycles. The second-order valence-corrected chi connectivity index (χ2v) is 8.08. The predicted molar refractivity (Wildman–Crippen MR) is 110 cm³/mol. The largest absolute Gasteiger partial charge is 0.497 e. The number of methoxy groups -OCH3 is 3.